The van der Waals surface area contributed by atoms with Crippen molar-refractivity contribution in [3.05, 3.63) is 71.8 Å². The number of nitrogens with one attached hydrogen (secondary N) is 3. The summed E-state index contributed by atoms with van der Waals surface area (Å²) in [5, 5.41) is 18.7. The highest BCUT2D eigenvalue weighted by molar-refractivity contribution is 5.97. The summed E-state index contributed by atoms with van der Waals surface area (Å²) in [6.07, 6.45) is -2.28. The van der Waals surface area contributed by atoms with E-state index in [1.165, 1.54) is 28.7 Å². The van der Waals surface area contributed by atoms with Crippen LogP contribution >= 0.6 is 0 Å². The van der Waals surface area contributed by atoms with Gasteiger partial charge in [0, 0.05) is 33.0 Å². The molecular formula is C42H56N6O10. The summed E-state index contributed by atoms with van der Waals surface area (Å²) < 4.78 is 11.3. The molecule has 3 aliphatic heterocycles. The summed E-state index contributed by atoms with van der Waals surface area (Å²) in [6.45, 7) is 8.17. The van der Waals surface area contributed by atoms with Gasteiger partial charge in [-0.05, 0) is 64.5 Å². The van der Waals surface area contributed by atoms with E-state index < -0.39 is 95.7 Å². The van der Waals surface area contributed by atoms with Gasteiger partial charge in [0.2, 0.25) is 29.5 Å². The second-order valence-corrected chi connectivity index (χ2v) is 16.2. The van der Waals surface area contributed by atoms with E-state index in [0.29, 0.717) is 18.4 Å². The number of aliphatic hydroxyl groups is 1. The quantitative estimate of drug-likeness (QED) is 0.324. The van der Waals surface area contributed by atoms with E-state index in [0.717, 1.165) is 5.56 Å². The number of carbonyl (C=O) groups excluding carboxylic acids is 7. The fourth-order valence-electron chi connectivity index (χ4n) is 7.67. The fraction of sp³-hybridized carbons (Fsp3) is 0.548. The molecule has 5 rings (SSSR count). The number of nitrogens with zero attached hydrogens (tertiary/aromatic N) is 3. The number of piperidine rings is 1. The Balaban J connectivity index is 1.60. The smallest absolute Gasteiger partial charge is 0.408 e. The molecular weight excluding hydrogens is 748 g/mol. The van der Waals surface area contributed by atoms with Crippen LogP contribution in [-0.4, -0.2) is 130 Å². The second-order valence-electron chi connectivity index (χ2n) is 16.2. The van der Waals surface area contributed by atoms with Crippen LogP contribution in [0.2, 0.25) is 0 Å². The van der Waals surface area contributed by atoms with Gasteiger partial charge in [-0.15, -0.1) is 0 Å². The first-order chi connectivity index (χ1) is 27.5. The first-order valence-electron chi connectivity index (χ1n) is 19.9. The first-order valence-corrected chi connectivity index (χ1v) is 19.9. The molecule has 314 valence electrons. The molecule has 0 radical (unpaired) electrons. The van der Waals surface area contributed by atoms with Gasteiger partial charge in [0.1, 0.15) is 41.9 Å². The van der Waals surface area contributed by atoms with Gasteiger partial charge in [-0.1, -0.05) is 67.6 Å². The van der Waals surface area contributed by atoms with E-state index in [1.807, 2.05) is 30.3 Å². The average molecular weight is 805 g/mol. The van der Waals surface area contributed by atoms with Crippen molar-refractivity contribution >= 4 is 41.6 Å². The Morgan fingerprint density at radius 1 is 0.862 bits per heavy atom. The lowest BCUT2D eigenvalue weighted by Crippen LogP contribution is -2.61. The molecule has 3 saturated heterocycles. The summed E-state index contributed by atoms with van der Waals surface area (Å²) in [7, 11) is 1.50. The minimum Gasteiger partial charge on any atom is -0.458 e. The molecule has 2 aromatic carbocycles. The number of benzene rings is 2. The number of likely N-dealkylation sites (N-methyl/N-ethyl adjacent to an activating group) is 1. The molecule has 0 bridgehead atoms. The highest BCUT2D eigenvalue weighted by Crippen LogP contribution is 2.27. The fourth-order valence-corrected chi connectivity index (χ4v) is 7.67. The van der Waals surface area contributed by atoms with E-state index >= 15 is 0 Å². The number of esters is 1. The van der Waals surface area contributed by atoms with Crippen LogP contribution < -0.4 is 16.0 Å². The lowest BCUT2D eigenvalue weighted by molar-refractivity contribution is -0.157. The van der Waals surface area contributed by atoms with Crippen LogP contribution in [0.4, 0.5) is 4.79 Å². The van der Waals surface area contributed by atoms with Gasteiger partial charge in [0.05, 0.1) is 6.10 Å². The monoisotopic (exact) mass is 804 g/mol. The van der Waals surface area contributed by atoms with E-state index in [2.05, 4.69) is 16.0 Å². The van der Waals surface area contributed by atoms with Crippen molar-refractivity contribution in [3.63, 3.8) is 0 Å². The van der Waals surface area contributed by atoms with Crippen LogP contribution in [0.25, 0.3) is 0 Å². The molecule has 3 heterocycles. The summed E-state index contributed by atoms with van der Waals surface area (Å²) in [4.78, 5) is 103. The number of hydrogen-bond donors (Lipinski definition) is 4. The Labute approximate surface area is 339 Å². The number of alkyl carbamates (subject to hydrolysis) is 1. The molecule has 16 heteroatoms. The molecule has 58 heavy (non-hydrogen) atoms. The van der Waals surface area contributed by atoms with E-state index in [4.69, 9.17) is 9.47 Å². The number of aliphatic hydroxyl groups excluding tert-OH is 1. The number of ether oxygens (including phenoxy) is 2. The summed E-state index contributed by atoms with van der Waals surface area (Å²) in [5.74, 6) is -4.16. The molecule has 0 aromatic heterocycles. The van der Waals surface area contributed by atoms with Crippen LogP contribution in [0.3, 0.4) is 0 Å². The predicted octanol–water partition coefficient (Wildman–Crippen LogP) is 1.99. The second kappa shape index (κ2) is 18.8. The third-order valence-corrected chi connectivity index (χ3v) is 10.8. The number of fused-ring (bicyclic) bond motifs is 2. The summed E-state index contributed by atoms with van der Waals surface area (Å²) >= 11 is 0. The molecule has 0 spiro atoms. The van der Waals surface area contributed by atoms with Crippen molar-refractivity contribution in [2.75, 3.05) is 20.1 Å². The zero-order valence-electron chi connectivity index (χ0n) is 34.0. The SMILES string of the molecule is CC[C@H]1NC(=O)[C@@H](NC(=O)OC(C)(C)C)[C@@H](C)OC(=O)[C@H](c2ccccc2)NC(=O)[C@@H]2C[C@@H](O)CCN2C(=O)[C@H](Cc2ccccc2)N(C)C(=O)[C@@H]2CCCN2C1=O. The van der Waals surface area contributed by atoms with Gasteiger partial charge in [0.25, 0.3) is 0 Å². The van der Waals surface area contributed by atoms with E-state index in [1.54, 1.807) is 58.0 Å². The Morgan fingerprint density at radius 3 is 2.14 bits per heavy atom. The predicted molar refractivity (Wildman–Crippen MR) is 210 cm³/mol. The molecule has 0 saturated carbocycles. The maximum atomic E-state index is 14.8. The molecule has 8 atom stereocenters. The zero-order chi connectivity index (χ0) is 42.3. The number of amides is 6. The minimum absolute atomic E-state index is 0.0130. The number of rotatable bonds is 5. The molecule has 6 amide bonds. The van der Waals surface area contributed by atoms with Crippen LogP contribution in [0, 0.1) is 0 Å². The Bertz CT molecular complexity index is 1820. The summed E-state index contributed by atoms with van der Waals surface area (Å²) in [6, 6.07) is 9.82. The van der Waals surface area contributed by atoms with Crippen LogP contribution in [0.15, 0.2) is 60.7 Å². The number of cyclic esters (lactones) is 1. The van der Waals surface area contributed by atoms with Crippen LogP contribution in [0.5, 0.6) is 0 Å². The summed E-state index contributed by atoms with van der Waals surface area (Å²) in [5.41, 5.74) is 0.116. The average Bonchev–Trinajstić information content (AvgIpc) is 3.68. The molecule has 2 aromatic rings. The molecule has 3 aliphatic rings. The molecule has 16 nitrogen and oxygen atoms in total. The van der Waals surface area contributed by atoms with Gasteiger partial charge in [-0.2, -0.15) is 0 Å². The van der Waals surface area contributed by atoms with Crippen molar-refractivity contribution in [1.82, 2.24) is 30.7 Å². The van der Waals surface area contributed by atoms with Gasteiger partial charge < -0.3 is 45.2 Å². The Kier molecular flexibility index (Phi) is 14.2. The van der Waals surface area contributed by atoms with Crippen molar-refractivity contribution in [2.24, 2.45) is 0 Å². The highest BCUT2D eigenvalue weighted by Gasteiger charge is 2.45. The highest BCUT2D eigenvalue weighted by atomic mass is 16.6. The lowest BCUT2D eigenvalue weighted by atomic mass is 9.95. The number of carbonyl (C=O) groups is 7. The lowest BCUT2D eigenvalue weighted by Gasteiger charge is -2.41. The van der Waals surface area contributed by atoms with Crippen molar-refractivity contribution < 1.29 is 48.1 Å². The third-order valence-electron chi connectivity index (χ3n) is 10.8. The van der Waals surface area contributed by atoms with Crippen LogP contribution in [-0.2, 0) is 44.7 Å². The molecule has 4 N–H and O–H groups in total. The van der Waals surface area contributed by atoms with Gasteiger partial charge >= 0.3 is 12.1 Å². The normalized spacial score (nSPS) is 28.2. The first kappa shape index (κ1) is 43.6. The zero-order valence-corrected chi connectivity index (χ0v) is 34.0. The van der Waals surface area contributed by atoms with Crippen molar-refractivity contribution in [2.45, 2.75) is 127 Å². The molecule has 0 aliphatic carbocycles. The van der Waals surface area contributed by atoms with E-state index in [9.17, 15) is 38.7 Å². The van der Waals surface area contributed by atoms with Gasteiger partial charge in [-0.25, -0.2) is 9.59 Å². The Hall–Kier alpha value is -5.51. The van der Waals surface area contributed by atoms with Gasteiger partial charge in [0.15, 0.2) is 6.04 Å². The van der Waals surface area contributed by atoms with Crippen LogP contribution in [0.1, 0.15) is 83.9 Å². The van der Waals surface area contributed by atoms with Crippen molar-refractivity contribution in [3.8, 4) is 0 Å². The van der Waals surface area contributed by atoms with Crippen molar-refractivity contribution in [1.29, 1.82) is 0 Å². The van der Waals surface area contributed by atoms with Gasteiger partial charge in [-0.3, -0.25) is 24.0 Å². The maximum absolute atomic E-state index is 14.8. The molecule has 0 unspecified atom stereocenters. The standard InChI is InChI=1S/C42H56N6O10/c1-7-29-37(52)47-21-14-19-30(47)38(53)46(6)32(23-26-15-10-8-11-16-26)39(54)48-22-20-28(49)24-31(48)35(50)44-34(27-17-12-9-13-18-27)40(55)57-25(2)33(36(51)43-29)45-41(56)58-42(3,4)5/h8-13,15-18,25,28-34,49H,7,14,19-24H2,1-6H3,(H,43,51)(H,44,50)(H,45,56)/t25-,28+,29-,30+,31+,32+,33+,34+/m1/s1. The minimum atomic E-state index is -1.57. The molecule has 3 fully saturated rings. The number of hydrogen-bond acceptors (Lipinski definition) is 10. The maximum Gasteiger partial charge on any atom is 0.408 e. The Morgan fingerprint density at radius 2 is 1.50 bits per heavy atom. The largest absolute Gasteiger partial charge is 0.458 e. The van der Waals surface area contributed by atoms with E-state index in [-0.39, 0.29) is 38.8 Å². The third kappa shape index (κ3) is 10.5. The topological polar surface area (TPSA) is 204 Å².